The van der Waals surface area contributed by atoms with Gasteiger partial charge >= 0.3 is 0 Å². The molecule has 3 heterocycles. The fourth-order valence-corrected chi connectivity index (χ4v) is 4.44. The third-order valence-electron chi connectivity index (χ3n) is 5.25. The summed E-state index contributed by atoms with van der Waals surface area (Å²) in [7, 11) is 0. The minimum Gasteiger partial charge on any atom is -0.494 e. The number of imidazole rings is 1. The van der Waals surface area contributed by atoms with Gasteiger partial charge in [0.1, 0.15) is 5.75 Å². The number of ether oxygens (including phenoxy) is 1. The van der Waals surface area contributed by atoms with Crippen molar-refractivity contribution in [3.8, 4) is 17.0 Å². The van der Waals surface area contributed by atoms with Gasteiger partial charge < -0.3 is 14.5 Å². The van der Waals surface area contributed by atoms with E-state index in [1.807, 2.05) is 47.7 Å². The molecule has 1 aromatic carbocycles. The number of benzene rings is 1. The lowest BCUT2D eigenvalue weighted by atomic mass is 10.1. The quantitative estimate of drug-likeness (QED) is 0.640. The largest absolute Gasteiger partial charge is 0.494 e. The van der Waals surface area contributed by atoms with Gasteiger partial charge in [0.05, 0.1) is 18.7 Å². The van der Waals surface area contributed by atoms with E-state index in [0.717, 1.165) is 60.4 Å². The van der Waals surface area contributed by atoms with Crippen LogP contribution in [0.4, 0.5) is 0 Å². The zero-order valence-corrected chi connectivity index (χ0v) is 17.2. The van der Waals surface area contributed by atoms with Gasteiger partial charge in [-0.25, -0.2) is 4.98 Å². The van der Waals surface area contributed by atoms with Gasteiger partial charge in [-0.3, -0.25) is 9.20 Å². The van der Waals surface area contributed by atoms with E-state index in [9.17, 15) is 4.79 Å². The first-order valence-electron chi connectivity index (χ1n) is 9.86. The number of aromatic nitrogens is 2. The Bertz CT molecular complexity index is 939. The van der Waals surface area contributed by atoms with Crippen LogP contribution in [0.3, 0.4) is 0 Å². The molecule has 0 spiro atoms. The van der Waals surface area contributed by atoms with E-state index < -0.39 is 0 Å². The summed E-state index contributed by atoms with van der Waals surface area (Å²) in [6.45, 7) is 9.43. The van der Waals surface area contributed by atoms with E-state index >= 15 is 0 Å². The number of carbonyl (C=O) groups is 1. The van der Waals surface area contributed by atoms with Crippen LogP contribution in [0.15, 0.2) is 35.8 Å². The Balaban J connectivity index is 1.48. The highest BCUT2D eigenvalue weighted by Gasteiger charge is 2.21. The SMILES string of the molecule is CCOc1ccc(-c2cn3c(CC(=O)N4CCN(CC)CC4)csc3n2)cc1. The monoisotopic (exact) mass is 398 g/mol. The van der Waals surface area contributed by atoms with Crippen LogP contribution in [0.2, 0.25) is 0 Å². The van der Waals surface area contributed by atoms with Gasteiger partial charge in [0.15, 0.2) is 4.96 Å². The summed E-state index contributed by atoms with van der Waals surface area (Å²) >= 11 is 1.58. The lowest BCUT2D eigenvalue weighted by Gasteiger charge is -2.34. The normalized spacial score (nSPS) is 15.3. The van der Waals surface area contributed by atoms with Crippen LogP contribution in [-0.4, -0.2) is 64.4 Å². The first kappa shape index (κ1) is 19.0. The lowest BCUT2D eigenvalue weighted by Crippen LogP contribution is -2.48. The number of carbonyl (C=O) groups excluding carboxylic acids is 1. The predicted octanol–water partition coefficient (Wildman–Crippen LogP) is 3.17. The average molecular weight is 399 g/mol. The second-order valence-electron chi connectivity index (χ2n) is 6.95. The number of amides is 1. The molecule has 1 aliphatic rings. The minimum absolute atomic E-state index is 0.201. The van der Waals surface area contributed by atoms with E-state index in [-0.39, 0.29) is 5.91 Å². The van der Waals surface area contributed by atoms with Gasteiger partial charge in [-0.05, 0) is 37.7 Å². The molecule has 1 amide bonds. The molecule has 0 atom stereocenters. The molecule has 0 aliphatic carbocycles. The summed E-state index contributed by atoms with van der Waals surface area (Å²) in [5.74, 6) is 1.06. The van der Waals surface area contributed by atoms with Gasteiger partial charge in [-0.1, -0.05) is 6.92 Å². The first-order chi connectivity index (χ1) is 13.7. The molecular formula is C21H26N4O2S. The molecule has 0 unspecified atom stereocenters. The van der Waals surface area contributed by atoms with Gasteiger partial charge in [0.25, 0.3) is 0 Å². The Morgan fingerprint density at radius 1 is 1.14 bits per heavy atom. The molecule has 0 bridgehead atoms. The van der Waals surface area contributed by atoms with Gasteiger partial charge in [0.2, 0.25) is 5.91 Å². The Labute approximate surface area is 169 Å². The zero-order valence-electron chi connectivity index (χ0n) is 16.4. The van der Waals surface area contributed by atoms with Crippen molar-refractivity contribution in [1.29, 1.82) is 0 Å². The van der Waals surface area contributed by atoms with Crippen LogP contribution in [0.5, 0.6) is 5.75 Å². The van der Waals surface area contributed by atoms with Crippen molar-refractivity contribution >= 4 is 22.2 Å². The van der Waals surface area contributed by atoms with Gasteiger partial charge in [-0.15, -0.1) is 11.3 Å². The van der Waals surface area contributed by atoms with Crippen LogP contribution >= 0.6 is 11.3 Å². The summed E-state index contributed by atoms with van der Waals surface area (Å²) in [6.07, 6.45) is 2.45. The summed E-state index contributed by atoms with van der Waals surface area (Å²) in [5, 5.41) is 2.05. The number of likely N-dealkylation sites (N-methyl/N-ethyl adjacent to an activating group) is 1. The molecule has 4 rings (SSSR count). The highest BCUT2D eigenvalue weighted by atomic mass is 32.1. The van der Waals surface area contributed by atoms with Crippen molar-refractivity contribution in [2.24, 2.45) is 0 Å². The number of piperazine rings is 1. The lowest BCUT2D eigenvalue weighted by molar-refractivity contribution is -0.132. The third-order valence-corrected chi connectivity index (χ3v) is 6.14. The Morgan fingerprint density at radius 2 is 1.89 bits per heavy atom. The van der Waals surface area contributed by atoms with Gasteiger partial charge in [0, 0.05) is 49.0 Å². The summed E-state index contributed by atoms with van der Waals surface area (Å²) in [6, 6.07) is 7.98. The van der Waals surface area contributed by atoms with Crippen LogP contribution in [-0.2, 0) is 11.2 Å². The maximum absolute atomic E-state index is 12.7. The van der Waals surface area contributed by atoms with Gasteiger partial charge in [-0.2, -0.15) is 0 Å². The van der Waals surface area contributed by atoms with E-state index in [4.69, 9.17) is 9.72 Å². The molecule has 1 saturated heterocycles. The van der Waals surface area contributed by atoms with Crippen molar-refractivity contribution in [2.45, 2.75) is 20.3 Å². The first-order valence-corrected chi connectivity index (χ1v) is 10.7. The number of rotatable bonds is 6. The molecule has 7 heteroatoms. The number of hydrogen-bond donors (Lipinski definition) is 0. The predicted molar refractivity (Wildman–Crippen MR) is 112 cm³/mol. The second-order valence-corrected chi connectivity index (χ2v) is 7.79. The fraction of sp³-hybridized carbons (Fsp3) is 0.429. The molecular weight excluding hydrogens is 372 g/mol. The van der Waals surface area contributed by atoms with Crippen LogP contribution in [0.25, 0.3) is 16.2 Å². The maximum Gasteiger partial charge on any atom is 0.228 e. The molecule has 6 nitrogen and oxygen atoms in total. The molecule has 28 heavy (non-hydrogen) atoms. The van der Waals surface area contributed by atoms with Crippen molar-refractivity contribution in [3.05, 3.63) is 41.5 Å². The molecule has 148 valence electrons. The highest BCUT2D eigenvalue weighted by Crippen LogP contribution is 2.26. The molecule has 0 radical (unpaired) electrons. The van der Waals surface area contributed by atoms with Crippen molar-refractivity contribution in [1.82, 2.24) is 19.2 Å². The zero-order chi connectivity index (χ0) is 19.5. The summed E-state index contributed by atoms with van der Waals surface area (Å²) in [4.78, 5) is 22.8. The van der Waals surface area contributed by atoms with E-state index in [1.54, 1.807) is 11.3 Å². The van der Waals surface area contributed by atoms with E-state index in [1.165, 1.54) is 0 Å². The summed E-state index contributed by atoms with van der Waals surface area (Å²) < 4.78 is 7.56. The average Bonchev–Trinajstić information content (AvgIpc) is 3.31. The van der Waals surface area contributed by atoms with Crippen LogP contribution < -0.4 is 4.74 Å². The minimum atomic E-state index is 0.201. The number of hydrogen-bond acceptors (Lipinski definition) is 5. The molecule has 0 N–H and O–H groups in total. The van der Waals surface area contributed by atoms with E-state index in [2.05, 4.69) is 16.2 Å². The van der Waals surface area contributed by atoms with Crippen LogP contribution in [0.1, 0.15) is 19.5 Å². The fourth-order valence-electron chi connectivity index (χ4n) is 3.56. The van der Waals surface area contributed by atoms with Crippen molar-refractivity contribution in [2.75, 3.05) is 39.3 Å². The maximum atomic E-state index is 12.7. The molecule has 2 aromatic heterocycles. The molecule has 1 aliphatic heterocycles. The second kappa shape index (κ2) is 8.32. The topological polar surface area (TPSA) is 50.1 Å². The third kappa shape index (κ3) is 3.91. The van der Waals surface area contributed by atoms with E-state index in [0.29, 0.717) is 13.0 Å². The van der Waals surface area contributed by atoms with Crippen molar-refractivity contribution in [3.63, 3.8) is 0 Å². The van der Waals surface area contributed by atoms with Crippen LogP contribution in [0, 0.1) is 0 Å². The number of thiazole rings is 1. The Morgan fingerprint density at radius 3 is 2.57 bits per heavy atom. The Hall–Kier alpha value is -2.38. The molecule has 3 aromatic rings. The van der Waals surface area contributed by atoms with Crippen molar-refractivity contribution < 1.29 is 9.53 Å². The highest BCUT2D eigenvalue weighted by molar-refractivity contribution is 7.15. The molecule has 1 fully saturated rings. The smallest absolute Gasteiger partial charge is 0.228 e. The number of nitrogens with zero attached hydrogens (tertiary/aromatic N) is 4. The Kier molecular flexibility index (Phi) is 5.64. The summed E-state index contributed by atoms with van der Waals surface area (Å²) in [5.41, 5.74) is 2.97. The standard InChI is InChI=1S/C21H26N4O2S/c1-3-23-9-11-24(12-10-23)20(26)13-17-15-28-21-22-19(14-25(17)21)16-5-7-18(8-6-16)27-4-2/h5-8,14-15H,3-4,9-13H2,1-2H3. The molecule has 0 saturated carbocycles. The number of fused-ring (bicyclic) bond motifs is 1.